The summed E-state index contributed by atoms with van der Waals surface area (Å²) in [7, 11) is 0. The predicted octanol–water partition coefficient (Wildman–Crippen LogP) is 5.78. The molecule has 4 aromatic rings. The Balaban J connectivity index is 1.38. The third-order valence-electron chi connectivity index (χ3n) is 5.52. The molecule has 4 heteroatoms. The molecule has 0 aliphatic rings. The average molecular weight is 435 g/mol. The molecule has 0 saturated heterocycles. The normalized spacial score (nSPS) is 10.6. The molecule has 0 fully saturated rings. The van der Waals surface area contributed by atoms with Crippen LogP contribution in [0.2, 0.25) is 0 Å². The molecular formula is C29H26N2O2. The second-order valence-corrected chi connectivity index (χ2v) is 7.87. The van der Waals surface area contributed by atoms with E-state index in [9.17, 15) is 9.59 Å². The lowest BCUT2D eigenvalue weighted by Crippen LogP contribution is -2.22. The van der Waals surface area contributed by atoms with Gasteiger partial charge in [0, 0.05) is 30.1 Å². The number of carbonyl (C=O) groups is 2. The lowest BCUT2D eigenvalue weighted by atomic mass is 9.88. The van der Waals surface area contributed by atoms with Crippen LogP contribution in [0.3, 0.4) is 0 Å². The van der Waals surface area contributed by atoms with Crippen LogP contribution in [-0.2, 0) is 11.3 Å². The molecule has 0 aliphatic carbocycles. The fourth-order valence-electron chi connectivity index (χ4n) is 3.78. The van der Waals surface area contributed by atoms with Crippen LogP contribution < -0.4 is 10.6 Å². The van der Waals surface area contributed by atoms with Gasteiger partial charge in [-0.1, -0.05) is 91.0 Å². The number of benzene rings is 4. The summed E-state index contributed by atoms with van der Waals surface area (Å²) < 4.78 is 0. The van der Waals surface area contributed by atoms with Gasteiger partial charge in [0.25, 0.3) is 5.91 Å². The summed E-state index contributed by atoms with van der Waals surface area (Å²) in [5.74, 6) is -0.255. The average Bonchev–Trinajstić information content (AvgIpc) is 2.88. The molecule has 164 valence electrons. The molecule has 2 N–H and O–H groups in total. The van der Waals surface area contributed by atoms with Gasteiger partial charge >= 0.3 is 0 Å². The summed E-state index contributed by atoms with van der Waals surface area (Å²) in [5.41, 5.74) is 4.46. The lowest BCUT2D eigenvalue weighted by molar-refractivity contribution is -0.116. The van der Waals surface area contributed by atoms with Crippen LogP contribution in [-0.4, -0.2) is 11.8 Å². The molecule has 0 spiro atoms. The Morgan fingerprint density at radius 3 is 1.70 bits per heavy atom. The summed E-state index contributed by atoms with van der Waals surface area (Å²) in [5, 5.41) is 5.88. The van der Waals surface area contributed by atoms with Crippen molar-refractivity contribution >= 4 is 17.5 Å². The fraction of sp³-hybridized carbons (Fsp3) is 0.103. The van der Waals surface area contributed by atoms with E-state index in [2.05, 4.69) is 10.6 Å². The van der Waals surface area contributed by atoms with Gasteiger partial charge in [0.05, 0.1) is 0 Å². The highest BCUT2D eigenvalue weighted by atomic mass is 16.2. The molecule has 4 nitrogen and oxygen atoms in total. The van der Waals surface area contributed by atoms with Crippen LogP contribution in [0, 0.1) is 0 Å². The molecule has 0 saturated carbocycles. The van der Waals surface area contributed by atoms with Gasteiger partial charge < -0.3 is 10.6 Å². The molecule has 2 amide bonds. The summed E-state index contributed by atoms with van der Waals surface area (Å²) in [6.45, 7) is 0.471. The molecule has 0 heterocycles. The minimum atomic E-state index is -0.148. The van der Waals surface area contributed by atoms with E-state index in [0.29, 0.717) is 24.2 Å². The molecule has 4 aromatic carbocycles. The van der Waals surface area contributed by atoms with Crippen molar-refractivity contribution in [3.05, 3.63) is 138 Å². The van der Waals surface area contributed by atoms with Gasteiger partial charge in [-0.3, -0.25) is 9.59 Å². The first-order chi connectivity index (χ1) is 16.2. The quantitative estimate of drug-likeness (QED) is 0.369. The monoisotopic (exact) mass is 434 g/mol. The zero-order valence-electron chi connectivity index (χ0n) is 18.3. The highest BCUT2D eigenvalue weighted by Crippen LogP contribution is 2.28. The Hall–Kier alpha value is -4.18. The van der Waals surface area contributed by atoms with Crippen molar-refractivity contribution in [3.63, 3.8) is 0 Å². The Labute approximate surface area is 194 Å². The Morgan fingerprint density at radius 2 is 1.15 bits per heavy atom. The number of nitrogens with one attached hydrogen (secondary N) is 2. The maximum absolute atomic E-state index is 12.9. The first kappa shape index (κ1) is 22.0. The Bertz CT molecular complexity index is 1140. The third-order valence-corrected chi connectivity index (χ3v) is 5.52. The summed E-state index contributed by atoms with van der Waals surface area (Å²) in [4.78, 5) is 25.3. The lowest BCUT2D eigenvalue weighted by Gasteiger charge is -2.18. The molecule has 0 radical (unpaired) electrons. The molecule has 4 rings (SSSR count). The van der Waals surface area contributed by atoms with Gasteiger partial charge in [-0.15, -0.1) is 0 Å². The van der Waals surface area contributed by atoms with E-state index in [1.165, 1.54) is 0 Å². The number of hydrogen-bond donors (Lipinski definition) is 2. The van der Waals surface area contributed by atoms with Crippen LogP contribution in [0.1, 0.15) is 39.4 Å². The summed E-state index contributed by atoms with van der Waals surface area (Å²) in [6, 6.07) is 36.8. The molecule has 0 bridgehead atoms. The van der Waals surface area contributed by atoms with E-state index in [1.54, 1.807) is 24.3 Å². The van der Waals surface area contributed by atoms with Crippen molar-refractivity contribution < 1.29 is 9.59 Å². The predicted molar refractivity (Wildman–Crippen MR) is 132 cm³/mol. The van der Waals surface area contributed by atoms with Crippen molar-refractivity contribution in [1.29, 1.82) is 0 Å². The smallest absolute Gasteiger partial charge is 0.251 e. The van der Waals surface area contributed by atoms with E-state index in [0.717, 1.165) is 16.7 Å². The van der Waals surface area contributed by atoms with Crippen molar-refractivity contribution in [2.45, 2.75) is 18.9 Å². The van der Waals surface area contributed by atoms with Crippen molar-refractivity contribution in [1.82, 2.24) is 5.32 Å². The van der Waals surface area contributed by atoms with Crippen LogP contribution in [0.5, 0.6) is 0 Å². The zero-order chi connectivity index (χ0) is 22.9. The second kappa shape index (κ2) is 10.9. The highest BCUT2D eigenvalue weighted by Gasteiger charge is 2.18. The van der Waals surface area contributed by atoms with E-state index in [1.807, 2.05) is 91.0 Å². The third kappa shape index (κ3) is 6.17. The van der Waals surface area contributed by atoms with Crippen LogP contribution in [0.4, 0.5) is 5.69 Å². The topological polar surface area (TPSA) is 58.2 Å². The maximum atomic E-state index is 12.9. The number of hydrogen-bond acceptors (Lipinski definition) is 2. The SMILES string of the molecule is O=C(CC(c1ccccc1)c1ccccc1)Nc1ccc(C(=O)NCc2ccccc2)cc1. The van der Waals surface area contributed by atoms with Crippen LogP contribution in [0.15, 0.2) is 115 Å². The Kier molecular flexibility index (Phi) is 7.29. The van der Waals surface area contributed by atoms with Gasteiger partial charge in [-0.2, -0.15) is 0 Å². The van der Waals surface area contributed by atoms with Crippen LogP contribution in [0.25, 0.3) is 0 Å². The van der Waals surface area contributed by atoms with Crippen molar-refractivity contribution in [3.8, 4) is 0 Å². The molecule has 0 aromatic heterocycles. The summed E-state index contributed by atoms with van der Waals surface area (Å²) >= 11 is 0. The molecule has 0 aliphatic heterocycles. The molecule has 0 unspecified atom stereocenters. The second-order valence-electron chi connectivity index (χ2n) is 7.87. The molecular weight excluding hydrogens is 408 g/mol. The van der Waals surface area contributed by atoms with Gasteiger partial charge in [0.1, 0.15) is 0 Å². The first-order valence-corrected chi connectivity index (χ1v) is 11.0. The van der Waals surface area contributed by atoms with E-state index in [4.69, 9.17) is 0 Å². The van der Waals surface area contributed by atoms with Gasteiger partial charge in [-0.25, -0.2) is 0 Å². The van der Waals surface area contributed by atoms with E-state index >= 15 is 0 Å². The number of rotatable bonds is 8. The van der Waals surface area contributed by atoms with Gasteiger partial charge in [0.15, 0.2) is 0 Å². The molecule has 33 heavy (non-hydrogen) atoms. The number of carbonyl (C=O) groups excluding carboxylic acids is 2. The van der Waals surface area contributed by atoms with Gasteiger partial charge in [0.2, 0.25) is 5.91 Å². The first-order valence-electron chi connectivity index (χ1n) is 11.0. The summed E-state index contributed by atoms with van der Waals surface area (Å²) in [6.07, 6.45) is 0.327. The van der Waals surface area contributed by atoms with Crippen LogP contribution >= 0.6 is 0 Å². The fourth-order valence-corrected chi connectivity index (χ4v) is 3.78. The molecule has 0 atom stereocenters. The number of amides is 2. The van der Waals surface area contributed by atoms with E-state index < -0.39 is 0 Å². The van der Waals surface area contributed by atoms with Crippen molar-refractivity contribution in [2.24, 2.45) is 0 Å². The minimum absolute atomic E-state index is 0.0320. The zero-order valence-corrected chi connectivity index (χ0v) is 18.3. The minimum Gasteiger partial charge on any atom is -0.348 e. The maximum Gasteiger partial charge on any atom is 0.251 e. The van der Waals surface area contributed by atoms with E-state index in [-0.39, 0.29) is 17.7 Å². The van der Waals surface area contributed by atoms with Crippen molar-refractivity contribution in [2.75, 3.05) is 5.32 Å². The Morgan fingerprint density at radius 1 is 0.636 bits per heavy atom. The van der Waals surface area contributed by atoms with Gasteiger partial charge in [-0.05, 0) is 41.0 Å². The standard InChI is InChI=1S/C29H26N2O2/c32-28(20-27(23-12-6-2-7-13-23)24-14-8-3-9-15-24)31-26-18-16-25(17-19-26)29(33)30-21-22-10-4-1-5-11-22/h1-19,27H,20-21H2,(H,30,33)(H,31,32). The number of anilines is 1. The largest absolute Gasteiger partial charge is 0.348 e. The highest BCUT2D eigenvalue weighted by molar-refractivity contribution is 5.96.